The van der Waals surface area contributed by atoms with Crippen molar-refractivity contribution in [1.29, 1.82) is 0 Å². The fourth-order valence-corrected chi connectivity index (χ4v) is 1.61. The summed E-state index contributed by atoms with van der Waals surface area (Å²) in [5.41, 5.74) is 2.62. The zero-order valence-corrected chi connectivity index (χ0v) is 7.95. The van der Waals surface area contributed by atoms with Crippen molar-refractivity contribution in [3.63, 3.8) is 0 Å². The van der Waals surface area contributed by atoms with Gasteiger partial charge in [0.15, 0.2) is 6.29 Å². The van der Waals surface area contributed by atoms with Crippen LogP contribution >= 0.6 is 0 Å². The Kier molecular flexibility index (Phi) is 2.19. The molecule has 0 aliphatic rings. The van der Waals surface area contributed by atoms with E-state index in [0.717, 1.165) is 28.4 Å². The molecule has 70 valence electrons. The molecule has 1 heterocycles. The summed E-state index contributed by atoms with van der Waals surface area (Å²) in [5, 5.41) is 0.982. The molecule has 0 radical (unpaired) electrons. The van der Waals surface area contributed by atoms with Crippen LogP contribution in [0.2, 0.25) is 0 Å². The maximum absolute atomic E-state index is 10.9. The zero-order valence-electron chi connectivity index (χ0n) is 7.95. The van der Waals surface area contributed by atoms with Crippen LogP contribution in [0, 0.1) is 0 Å². The summed E-state index contributed by atoms with van der Waals surface area (Å²) in [4.78, 5) is 14.1. The Morgan fingerprint density at radius 2 is 2.07 bits per heavy atom. The zero-order chi connectivity index (χ0) is 9.97. The quantitative estimate of drug-likeness (QED) is 0.717. The van der Waals surface area contributed by atoms with Crippen molar-refractivity contribution in [3.05, 3.63) is 41.6 Å². The van der Waals surface area contributed by atoms with Crippen molar-refractivity contribution in [3.8, 4) is 0 Å². The van der Waals surface area contributed by atoms with Gasteiger partial charge < -0.3 is 4.98 Å². The molecule has 2 aromatic rings. The van der Waals surface area contributed by atoms with Gasteiger partial charge in [-0.1, -0.05) is 24.3 Å². The van der Waals surface area contributed by atoms with E-state index in [9.17, 15) is 4.79 Å². The predicted octanol–water partition coefficient (Wildman–Crippen LogP) is 3.01. The number of rotatable bonds is 2. The Bertz CT molecular complexity index is 494. The minimum absolute atomic E-state index is 0.735. The lowest BCUT2D eigenvalue weighted by molar-refractivity contribution is 0.112. The molecule has 0 atom stereocenters. The van der Waals surface area contributed by atoms with E-state index in [2.05, 4.69) is 4.98 Å². The summed E-state index contributed by atoms with van der Waals surface area (Å²) in [7, 11) is 0. The summed E-state index contributed by atoms with van der Waals surface area (Å²) in [6.45, 7) is 1.93. The highest BCUT2D eigenvalue weighted by molar-refractivity contribution is 6.01. The van der Waals surface area contributed by atoms with Crippen molar-refractivity contribution < 1.29 is 4.79 Å². The first-order valence-electron chi connectivity index (χ1n) is 4.55. The van der Waals surface area contributed by atoms with Gasteiger partial charge in [-0.2, -0.15) is 0 Å². The van der Waals surface area contributed by atoms with Crippen molar-refractivity contribution in [2.75, 3.05) is 0 Å². The Labute approximate surface area is 82.3 Å². The molecule has 1 aromatic carbocycles. The molecule has 2 nitrogen and oxygen atoms in total. The SMILES string of the molecule is C/C=C/c1[nH]c2ccccc2c1C=O. The molecule has 1 aromatic heterocycles. The van der Waals surface area contributed by atoms with E-state index in [1.807, 2.05) is 43.3 Å². The van der Waals surface area contributed by atoms with Gasteiger partial charge in [-0.05, 0) is 19.1 Å². The van der Waals surface area contributed by atoms with E-state index in [-0.39, 0.29) is 0 Å². The second-order valence-corrected chi connectivity index (χ2v) is 3.12. The van der Waals surface area contributed by atoms with E-state index in [4.69, 9.17) is 0 Å². The van der Waals surface area contributed by atoms with Crippen LogP contribution in [0.15, 0.2) is 30.3 Å². The number of hydrogen-bond acceptors (Lipinski definition) is 1. The van der Waals surface area contributed by atoms with Crippen LogP contribution in [0.3, 0.4) is 0 Å². The average molecular weight is 185 g/mol. The van der Waals surface area contributed by atoms with Gasteiger partial charge in [0.25, 0.3) is 0 Å². The summed E-state index contributed by atoms with van der Waals surface area (Å²) < 4.78 is 0. The smallest absolute Gasteiger partial charge is 0.152 e. The van der Waals surface area contributed by atoms with Crippen LogP contribution in [-0.2, 0) is 0 Å². The summed E-state index contributed by atoms with van der Waals surface area (Å²) in [6.07, 6.45) is 4.72. The van der Waals surface area contributed by atoms with Crippen molar-refractivity contribution in [2.45, 2.75) is 6.92 Å². The fourth-order valence-electron chi connectivity index (χ4n) is 1.61. The lowest BCUT2D eigenvalue weighted by Gasteiger charge is -1.88. The van der Waals surface area contributed by atoms with Gasteiger partial charge in [-0.25, -0.2) is 0 Å². The van der Waals surface area contributed by atoms with Gasteiger partial charge in [0, 0.05) is 22.2 Å². The third-order valence-corrected chi connectivity index (χ3v) is 2.23. The van der Waals surface area contributed by atoms with Crippen LogP contribution in [0.5, 0.6) is 0 Å². The molecular formula is C12H11NO. The number of carbonyl (C=O) groups excluding carboxylic acids is 1. The van der Waals surface area contributed by atoms with Crippen LogP contribution in [0.1, 0.15) is 23.0 Å². The molecule has 0 aliphatic heterocycles. The number of aromatic nitrogens is 1. The Morgan fingerprint density at radius 1 is 1.29 bits per heavy atom. The van der Waals surface area contributed by atoms with Crippen LogP contribution in [-0.4, -0.2) is 11.3 Å². The molecule has 0 amide bonds. The topological polar surface area (TPSA) is 32.9 Å². The monoisotopic (exact) mass is 185 g/mol. The highest BCUT2D eigenvalue weighted by Crippen LogP contribution is 2.21. The first-order valence-corrected chi connectivity index (χ1v) is 4.55. The number of aromatic amines is 1. The molecule has 0 unspecified atom stereocenters. The van der Waals surface area contributed by atoms with Crippen molar-refractivity contribution >= 4 is 23.3 Å². The number of H-pyrrole nitrogens is 1. The van der Waals surface area contributed by atoms with E-state index >= 15 is 0 Å². The third-order valence-electron chi connectivity index (χ3n) is 2.23. The minimum atomic E-state index is 0.735. The molecule has 0 fully saturated rings. The predicted molar refractivity (Wildman–Crippen MR) is 58.4 cm³/mol. The second-order valence-electron chi connectivity index (χ2n) is 3.12. The van der Waals surface area contributed by atoms with Gasteiger partial charge in [-0.15, -0.1) is 0 Å². The molecule has 0 spiro atoms. The number of carbonyl (C=O) groups is 1. The number of hydrogen-bond donors (Lipinski definition) is 1. The molecule has 14 heavy (non-hydrogen) atoms. The maximum atomic E-state index is 10.9. The first-order chi connectivity index (χ1) is 6.86. The number of aldehydes is 1. The molecule has 0 saturated heterocycles. The van der Waals surface area contributed by atoms with E-state index in [1.165, 1.54) is 0 Å². The molecule has 0 aliphatic carbocycles. The second kappa shape index (κ2) is 3.50. The Hall–Kier alpha value is -1.83. The van der Waals surface area contributed by atoms with Gasteiger partial charge in [-0.3, -0.25) is 4.79 Å². The Morgan fingerprint density at radius 3 is 2.79 bits per heavy atom. The molecule has 2 heteroatoms. The maximum Gasteiger partial charge on any atom is 0.152 e. The van der Waals surface area contributed by atoms with Gasteiger partial charge in [0.2, 0.25) is 0 Å². The summed E-state index contributed by atoms with van der Waals surface area (Å²) in [5.74, 6) is 0. The van der Waals surface area contributed by atoms with Gasteiger partial charge in [0.1, 0.15) is 0 Å². The largest absolute Gasteiger partial charge is 0.354 e. The van der Waals surface area contributed by atoms with E-state index < -0.39 is 0 Å². The fraction of sp³-hybridized carbons (Fsp3) is 0.0833. The number of nitrogens with one attached hydrogen (secondary N) is 1. The first kappa shape index (κ1) is 8.75. The van der Waals surface area contributed by atoms with Crippen LogP contribution in [0.25, 0.3) is 17.0 Å². The highest BCUT2D eigenvalue weighted by Gasteiger charge is 2.06. The third kappa shape index (κ3) is 1.25. The Balaban J connectivity index is 2.78. The van der Waals surface area contributed by atoms with Crippen molar-refractivity contribution in [1.82, 2.24) is 4.98 Å². The van der Waals surface area contributed by atoms with Gasteiger partial charge in [0.05, 0.1) is 0 Å². The van der Waals surface area contributed by atoms with Crippen LogP contribution < -0.4 is 0 Å². The standard InChI is InChI=1S/C12H11NO/c1-2-5-11-10(8-14)9-6-3-4-7-12(9)13-11/h2-8,13H,1H3/b5-2+. The van der Waals surface area contributed by atoms with E-state index in [1.54, 1.807) is 0 Å². The lowest BCUT2D eigenvalue weighted by Crippen LogP contribution is -1.80. The number of fused-ring (bicyclic) bond motifs is 1. The summed E-state index contributed by atoms with van der Waals surface area (Å²) >= 11 is 0. The number of para-hydroxylation sites is 1. The number of allylic oxidation sites excluding steroid dienone is 1. The normalized spacial score (nSPS) is 11.2. The molecule has 2 rings (SSSR count). The van der Waals surface area contributed by atoms with E-state index in [0.29, 0.717) is 0 Å². The molecular weight excluding hydrogens is 174 g/mol. The van der Waals surface area contributed by atoms with Crippen molar-refractivity contribution in [2.24, 2.45) is 0 Å². The van der Waals surface area contributed by atoms with Crippen LogP contribution in [0.4, 0.5) is 0 Å². The average Bonchev–Trinajstić information content (AvgIpc) is 2.55. The minimum Gasteiger partial charge on any atom is -0.354 e. The number of benzene rings is 1. The molecule has 0 bridgehead atoms. The summed E-state index contributed by atoms with van der Waals surface area (Å²) in [6, 6.07) is 7.80. The molecule has 1 N–H and O–H groups in total. The lowest BCUT2D eigenvalue weighted by atomic mass is 10.1. The molecule has 0 saturated carbocycles. The highest BCUT2D eigenvalue weighted by atomic mass is 16.1. The van der Waals surface area contributed by atoms with Gasteiger partial charge >= 0.3 is 0 Å².